The van der Waals surface area contributed by atoms with E-state index in [2.05, 4.69) is 16.0 Å². The second kappa shape index (κ2) is 3.46. The van der Waals surface area contributed by atoms with Gasteiger partial charge < -0.3 is 9.64 Å². The molecule has 1 spiro atoms. The Kier molecular flexibility index (Phi) is 1.98. The summed E-state index contributed by atoms with van der Waals surface area (Å²) in [6.07, 6.45) is 3.65. The van der Waals surface area contributed by atoms with Crippen molar-refractivity contribution in [1.29, 1.82) is 5.26 Å². The van der Waals surface area contributed by atoms with E-state index in [4.69, 9.17) is 10.00 Å². The van der Waals surface area contributed by atoms with Crippen LogP contribution in [0.15, 0.2) is 12.1 Å². The normalized spacial score (nSPS) is 36.2. The highest BCUT2D eigenvalue weighted by Gasteiger charge is 2.51. The molecule has 0 N–H and O–H groups in total. The van der Waals surface area contributed by atoms with Crippen molar-refractivity contribution in [2.24, 2.45) is 5.41 Å². The molecule has 92 valence electrons. The maximum absolute atomic E-state index is 8.94. The first-order chi connectivity index (χ1) is 8.79. The summed E-state index contributed by atoms with van der Waals surface area (Å²) in [5.41, 5.74) is 1.73. The highest BCUT2D eigenvalue weighted by Crippen LogP contribution is 2.47. The molecule has 1 aromatic rings. The molecule has 2 saturated heterocycles. The molecule has 0 saturated carbocycles. The first kappa shape index (κ1) is 10.3. The first-order valence-corrected chi connectivity index (χ1v) is 6.58. The van der Waals surface area contributed by atoms with Crippen LogP contribution in [0.5, 0.6) is 5.75 Å². The van der Waals surface area contributed by atoms with Crippen LogP contribution in [0.4, 0.5) is 0 Å². The minimum absolute atomic E-state index is 0.256. The van der Waals surface area contributed by atoms with Crippen LogP contribution in [0.3, 0.4) is 0 Å². The van der Waals surface area contributed by atoms with Gasteiger partial charge in [0.2, 0.25) is 0 Å². The van der Waals surface area contributed by atoms with Gasteiger partial charge in [0.1, 0.15) is 23.6 Å². The van der Waals surface area contributed by atoms with Gasteiger partial charge >= 0.3 is 0 Å². The molecular weight excluding hydrogens is 226 g/mol. The van der Waals surface area contributed by atoms with E-state index >= 15 is 0 Å². The fraction of sp³-hybridized carbons (Fsp3) is 0.571. The summed E-state index contributed by atoms with van der Waals surface area (Å²) >= 11 is 0. The Bertz CT molecular complexity index is 550. The molecule has 18 heavy (non-hydrogen) atoms. The molecule has 2 fully saturated rings. The number of nitrogens with zero attached hydrogens (tertiary/aromatic N) is 3. The lowest BCUT2D eigenvalue weighted by molar-refractivity contribution is -0.00195. The molecule has 3 atom stereocenters. The Labute approximate surface area is 106 Å². The summed E-state index contributed by atoms with van der Waals surface area (Å²) in [7, 11) is 0. The molecule has 0 amide bonds. The second-order valence-electron chi connectivity index (χ2n) is 5.71. The minimum Gasteiger partial charge on any atom is -0.488 e. The van der Waals surface area contributed by atoms with Crippen LogP contribution in [0.1, 0.15) is 24.2 Å². The predicted molar refractivity (Wildman–Crippen MR) is 65.2 cm³/mol. The van der Waals surface area contributed by atoms with Crippen LogP contribution in [0.2, 0.25) is 0 Å². The SMILES string of the molecule is N#Cc1ccc2c(n1)C[C@@]13CCN(CC[C@H]1O2)C3. The lowest BCUT2D eigenvalue weighted by atomic mass is 9.73. The van der Waals surface area contributed by atoms with Gasteiger partial charge in [0.25, 0.3) is 0 Å². The third kappa shape index (κ3) is 1.31. The molecule has 3 aliphatic heterocycles. The molecule has 4 rings (SSSR count). The van der Waals surface area contributed by atoms with Gasteiger partial charge in [0, 0.05) is 24.9 Å². The van der Waals surface area contributed by atoms with Crippen LogP contribution in [-0.4, -0.2) is 35.6 Å². The zero-order valence-electron chi connectivity index (χ0n) is 10.2. The molecule has 1 aromatic heterocycles. The van der Waals surface area contributed by atoms with Gasteiger partial charge in [-0.3, -0.25) is 0 Å². The lowest BCUT2D eigenvalue weighted by Gasteiger charge is -2.44. The number of nitriles is 1. The smallest absolute Gasteiger partial charge is 0.141 e. The van der Waals surface area contributed by atoms with E-state index in [9.17, 15) is 0 Å². The quantitative estimate of drug-likeness (QED) is 0.688. The van der Waals surface area contributed by atoms with E-state index in [0.717, 1.165) is 37.4 Å². The Balaban J connectivity index is 1.76. The van der Waals surface area contributed by atoms with Gasteiger partial charge in [-0.15, -0.1) is 0 Å². The molecule has 4 heterocycles. The number of hydrogen-bond donors (Lipinski definition) is 0. The molecule has 3 aliphatic rings. The maximum Gasteiger partial charge on any atom is 0.141 e. The summed E-state index contributed by atoms with van der Waals surface area (Å²) in [5, 5.41) is 8.94. The fourth-order valence-corrected chi connectivity index (χ4v) is 3.76. The van der Waals surface area contributed by atoms with Gasteiger partial charge in [0.15, 0.2) is 0 Å². The summed E-state index contributed by atoms with van der Waals surface area (Å²) in [5.74, 6) is 0.893. The summed E-state index contributed by atoms with van der Waals surface area (Å²) in [4.78, 5) is 6.96. The van der Waals surface area contributed by atoms with E-state index in [0.29, 0.717) is 11.8 Å². The van der Waals surface area contributed by atoms with Crippen molar-refractivity contribution in [3.63, 3.8) is 0 Å². The van der Waals surface area contributed by atoms with Gasteiger partial charge in [0.05, 0.1) is 5.69 Å². The van der Waals surface area contributed by atoms with Crippen LogP contribution >= 0.6 is 0 Å². The molecule has 0 aliphatic carbocycles. The summed E-state index contributed by atoms with van der Waals surface area (Å²) < 4.78 is 6.16. The number of rotatable bonds is 0. The van der Waals surface area contributed by atoms with E-state index in [1.807, 2.05) is 6.07 Å². The topological polar surface area (TPSA) is 49.2 Å². The molecule has 0 radical (unpaired) electrons. The molecular formula is C14H15N3O. The standard InChI is InChI=1S/C14H15N3O/c15-8-10-1-2-12-11(16-10)7-14-4-6-17(9-14)5-3-13(14)18-12/h1-2,13H,3-7,9H2/t13-,14-/m1/s1. The number of pyridine rings is 1. The van der Waals surface area contributed by atoms with Crippen LogP contribution in [-0.2, 0) is 6.42 Å². The Morgan fingerprint density at radius 3 is 3.28 bits per heavy atom. The van der Waals surface area contributed by atoms with Gasteiger partial charge in [-0.1, -0.05) is 0 Å². The summed E-state index contributed by atoms with van der Waals surface area (Å²) in [6.45, 7) is 3.48. The van der Waals surface area contributed by atoms with E-state index in [-0.39, 0.29) is 5.41 Å². The highest BCUT2D eigenvalue weighted by molar-refractivity contribution is 5.37. The third-order valence-electron chi connectivity index (χ3n) is 4.69. The second-order valence-corrected chi connectivity index (χ2v) is 5.71. The minimum atomic E-state index is 0.256. The predicted octanol–water partition coefficient (Wildman–Crippen LogP) is 1.35. The van der Waals surface area contributed by atoms with Crippen LogP contribution in [0.25, 0.3) is 0 Å². The Morgan fingerprint density at radius 2 is 2.39 bits per heavy atom. The molecule has 0 aromatic carbocycles. The number of aromatic nitrogens is 1. The average molecular weight is 241 g/mol. The average Bonchev–Trinajstić information content (AvgIpc) is 2.72. The van der Waals surface area contributed by atoms with Crippen molar-refractivity contribution in [2.45, 2.75) is 25.4 Å². The monoisotopic (exact) mass is 241 g/mol. The summed E-state index contributed by atoms with van der Waals surface area (Å²) in [6, 6.07) is 5.78. The number of hydrogen-bond acceptors (Lipinski definition) is 4. The molecule has 1 unspecified atom stereocenters. The fourth-order valence-electron chi connectivity index (χ4n) is 3.76. The van der Waals surface area contributed by atoms with E-state index < -0.39 is 0 Å². The van der Waals surface area contributed by atoms with Crippen molar-refractivity contribution in [3.8, 4) is 11.8 Å². The van der Waals surface area contributed by atoms with Crippen molar-refractivity contribution in [2.75, 3.05) is 19.6 Å². The van der Waals surface area contributed by atoms with Crippen molar-refractivity contribution in [1.82, 2.24) is 9.88 Å². The third-order valence-corrected chi connectivity index (χ3v) is 4.69. The number of ether oxygens (including phenoxy) is 1. The zero-order valence-corrected chi connectivity index (χ0v) is 10.2. The van der Waals surface area contributed by atoms with Gasteiger partial charge in [-0.25, -0.2) is 4.98 Å². The number of fused-ring (bicyclic) bond motifs is 2. The maximum atomic E-state index is 8.94. The molecule has 4 heteroatoms. The van der Waals surface area contributed by atoms with Crippen LogP contribution < -0.4 is 4.74 Å². The van der Waals surface area contributed by atoms with Crippen molar-refractivity contribution in [3.05, 3.63) is 23.5 Å². The first-order valence-electron chi connectivity index (χ1n) is 6.58. The number of piperidine rings is 1. The molecule has 2 bridgehead atoms. The van der Waals surface area contributed by atoms with Gasteiger partial charge in [-0.05, 0) is 31.5 Å². The van der Waals surface area contributed by atoms with E-state index in [1.165, 1.54) is 13.0 Å². The highest BCUT2D eigenvalue weighted by atomic mass is 16.5. The van der Waals surface area contributed by atoms with Crippen molar-refractivity contribution < 1.29 is 4.74 Å². The largest absolute Gasteiger partial charge is 0.488 e. The Morgan fingerprint density at radius 1 is 1.44 bits per heavy atom. The van der Waals surface area contributed by atoms with Crippen LogP contribution in [0, 0.1) is 16.7 Å². The zero-order chi connectivity index (χ0) is 12.2. The Hall–Kier alpha value is -1.60. The van der Waals surface area contributed by atoms with Crippen molar-refractivity contribution >= 4 is 0 Å². The van der Waals surface area contributed by atoms with E-state index in [1.54, 1.807) is 6.07 Å². The molecule has 4 nitrogen and oxygen atoms in total. The van der Waals surface area contributed by atoms with Gasteiger partial charge in [-0.2, -0.15) is 5.26 Å². The lowest BCUT2D eigenvalue weighted by Crippen LogP contribution is -2.51.